The van der Waals surface area contributed by atoms with Crippen LogP contribution in [0.5, 0.6) is 0 Å². The van der Waals surface area contributed by atoms with Crippen molar-refractivity contribution < 1.29 is 63.8 Å². The third-order valence-electron chi connectivity index (χ3n) is 4.59. The molecule has 0 radical (unpaired) electrons. The molecule has 13 nitrogen and oxygen atoms in total. The van der Waals surface area contributed by atoms with E-state index in [1.165, 1.54) is 29.3 Å². The topological polar surface area (TPSA) is 199 Å². The van der Waals surface area contributed by atoms with E-state index in [9.17, 15) is 29.5 Å². The largest absolute Gasteiger partial charge is 1.00 e. The zero-order chi connectivity index (χ0) is 25.0. The fourth-order valence-electron chi connectivity index (χ4n) is 3.17. The number of nitrogens with two attached hydrogens (primary N) is 1. The van der Waals surface area contributed by atoms with E-state index in [2.05, 4.69) is 20.8 Å². The maximum Gasteiger partial charge on any atom is 1.00 e. The summed E-state index contributed by atoms with van der Waals surface area (Å²) in [6.45, 7) is 3.44. The summed E-state index contributed by atoms with van der Waals surface area (Å²) in [5.74, 6) is -2.90. The Balaban J connectivity index is 0.00000432. The number of carboxylic acid groups (broad SMARTS) is 1. The Morgan fingerprint density at radius 2 is 2.17 bits per heavy atom. The van der Waals surface area contributed by atoms with Crippen molar-refractivity contribution in [3.05, 3.63) is 34.5 Å². The summed E-state index contributed by atoms with van der Waals surface area (Å²) in [7, 11) is 0. The number of alkyl carbamates (subject to hydrolysis) is 1. The van der Waals surface area contributed by atoms with Crippen LogP contribution in [0.25, 0.3) is 0 Å². The zero-order valence-corrected chi connectivity index (χ0v) is 22.6. The molecule has 1 aromatic rings. The first kappa shape index (κ1) is 28.6. The van der Waals surface area contributed by atoms with Gasteiger partial charge in [-0.3, -0.25) is 14.5 Å². The van der Waals surface area contributed by atoms with Crippen LogP contribution in [0.3, 0.4) is 0 Å². The van der Waals surface area contributed by atoms with E-state index in [1.54, 1.807) is 13.8 Å². The molecule has 3 heterocycles. The quantitative estimate of drug-likeness (QED) is 0.0841. The number of carboxylic acids is 1. The number of β-lactam (4-membered cyclic amide) rings is 1. The Morgan fingerprint density at radius 3 is 2.74 bits per heavy atom. The standard InChI is InChI=1S/C19H22N6O7S2.Na/c1-8(2)21-19(30)32-5-3-4-9-6-33-16-12(15(27)25(16)13(9)17(28)29)23-14(26)11(24-31)10-7-34-18(20)22-10;/h3-4,7-8,12,16,31H,5-6H2,1-2H3,(H2,20,22)(H,21,30)(H,23,26)(H,28,29);/q;+1/p-1/b4-3-,24-11-;/t12?,16-;/m1./s1. The number of aliphatic carboxylic acids is 1. The van der Waals surface area contributed by atoms with Crippen molar-refractivity contribution in [2.45, 2.75) is 31.3 Å². The van der Waals surface area contributed by atoms with Gasteiger partial charge in [0.1, 0.15) is 23.7 Å². The monoisotopic (exact) mass is 532 g/mol. The number of oxime groups is 1. The molecule has 182 valence electrons. The van der Waals surface area contributed by atoms with Crippen molar-refractivity contribution in [3.8, 4) is 0 Å². The summed E-state index contributed by atoms with van der Waals surface area (Å²) in [6.07, 6.45) is 2.28. The summed E-state index contributed by atoms with van der Waals surface area (Å²) < 4.78 is 4.95. The number of anilines is 1. The van der Waals surface area contributed by atoms with E-state index in [0.717, 1.165) is 16.2 Å². The van der Waals surface area contributed by atoms with Gasteiger partial charge in [0.25, 0.3) is 11.8 Å². The van der Waals surface area contributed by atoms with Crippen LogP contribution in [0, 0.1) is 0 Å². The van der Waals surface area contributed by atoms with Gasteiger partial charge in [0, 0.05) is 17.2 Å². The number of fused-ring (bicyclic) bond motifs is 1. The minimum Gasteiger partial charge on any atom is -0.543 e. The van der Waals surface area contributed by atoms with Gasteiger partial charge in [0.2, 0.25) is 0 Å². The van der Waals surface area contributed by atoms with Gasteiger partial charge in [-0.05, 0) is 25.5 Å². The van der Waals surface area contributed by atoms with Crippen LogP contribution in [-0.4, -0.2) is 74.5 Å². The number of aromatic nitrogens is 1. The number of nitrogens with zero attached hydrogens (tertiary/aromatic N) is 3. The predicted octanol–water partition coefficient (Wildman–Crippen LogP) is -4.00. The molecule has 1 unspecified atom stereocenters. The number of nitrogens with one attached hydrogen (secondary N) is 2. The normalized spacial score (nSPS) is 19.7. The maximum absolute atomic E-state index is 12.7. The van der Waals surface area contributed by atoms with E-state index in [-0.39, 0.29) is 64.5 Å². The molecular weight excluding hydrogens is 511 g/mol. The molecule has 0 aromatic carbocycles. The number of amides is 3. The van der Waals surface area contributed by atoms with E-state index < -0.39 is 41.0 Å². The summed E-state index contributed by atoms with van der Waals surface area (Å²) in [5.41, 5.74) is 5.10. The molecule has 16 heteroatoms. The third-order valence-corrected chi connectivity index (χ3v) is 6.57. The van der Waals surface area contributed by atoms with E-state index in [0.29, 0.717) is 5.57 Å². The van der Waals surface area contributed by atoms with Crippen molar-refractivity contribution in [3.63, 3.8) is 0 Å². The number of carbonyl (C=O) groups is 4. The molecule has 3 rings (SSSR count). The van der Waals surface area contributed by atoms with Crippen molar-refractivity contribution >= 4 is 57.8 Å². The second-order valence-electron chi connectivity index (χ2n) is 7.34. The number of carbonyl (C=O) groups excluding carboxylic acids is 4. The molecule has 2 aliphatic heterocycles. The molecule has 5 N–H and O–H groups in total. The van der Waals surface area contributed by atoms with E-state index in [4.69, 9.17) is 10.5 Å². The smallest absolute Gasteiger partial charge is 0.543 e. The van der Waals surface area contributed by atoms with Crippen molar-refractivity contribution in [2.24, 2.45) is 5.16 Å². The Kier molecular flexibility index (Phi) is 10.1. The van der Waals surface area contributed by atoms with Crippen LogP contribution in [0.4, 0.5) is 9.93 Å². The van der Waals surface area contributed by atoms with Gasteiger partial charge < -0.3 is 36.2 Å². The fourth-order valence-corrected chi connectivity index (χ4v) is 5.04. The number of ether oxygens (including phenoxy) is 1. The number of hydrogen-bond acceptors (Lipinski definition) is 12. The zero-order valence-electron chi connectivity index (χ0n) is 19.0. The second kappa shape index (κ2) is 12.4. The molecular formula is C19H21N6NaO7S2. The van der Waals surface area contributed by atoms with E-state index >= 15 is 0 Å². The molecule has 2 atom stereocenters. The number of thiazole rings is 1. The van der Waals surface area contributed by atoms with Gasteiger partial charge in [-0.2, -0.15) is 0 Å². The number of thioether (sulfide) groups is 1. The molecule has 0 saturated carbocycles. The number of allylic oxidation sites excluding steroid dienone is 1. The predicted molar refractivity (Wildman–Crippen MR) is 121 cm³/mol. The Labute approximate surface area is 230 Å². The van der Waals surface area contributed by atoms with Gasteiger partial charge in [0.15, 0.2) is 10.8 Å². The molecule has 0 bridgehead atoms. The third kappa shape index (κ3) is 6.55. The van der Waals surface area contributed by atoms with E-state index in [1.807, 2.05) is 0 Å². The van der Waals surface area contributed by atoms with Crippen LogP contribution < -0.4 is 51.0 Å². The van der Waals surface area contributed by atoms with Crippen LogP contribution in [0.1, 0.15) is 19.5 Å². The summed E-state index contributed by atoms with van der Waals surface area (Å²) in [4.78, 5) is 53.4. The Bertz CT molecular complexity index is 1100. The van der Waals surface area contributed by atoms with Crippen LogP contribution >= 0.6 is 23.1 Å². The van der Waals surface area contributed by atoms with Gasteiger partial charge in [-0.25, -0.2) is 9.78 Å². The van der Waals surface area contributed by atoms with Crippen LogP contribution in [-0.2, 0) is 19.1 Å². The summed E-state index contributed by atoms with van der Waals surface area (Å²) in [6, 6.07) is -1.14. The molecule has 1 saturated heterocycles. The first-order chi connectivity index (χ1) is 16.1. The Hall–Kier alpha value is -2.59. The molecule has 0 spiro atoms. The first-order valence-corrected chi connectivity index (χ1v) is 11.8. The van der Waals surface area contributed by atoms with Gasteiger partial charge in [-0.1, -0.05) is 11.2 Å². The minimum atomic E-state index is -1.56. The average Bonchev–Trinajstić information content (AvgIpc) is 3.20. The minimum absolute atomic E-state index is 0. The number of hydrogen-bond donors (Lipinski definition) is 4. The molecule has 35 heavy (non-hydrogen) atoms. The van der Waals surface area contributed by atoms with Gasteiger partial charge >= 0.3 is 35.7 Å². The summed E-state index contributed by atoms with van der Waals surface area (Å²) >= 11 is 2.26. The van der Waals surface area contributed by atoms with Crippen molar-refractivity contribution in [1.29, 1.82) is 0 Å². The first-order valence-electron chi connectivity index (χ1n) is 9.87. The second-order valence-corrected chi connectivity index (χ2v) is 9.34. The SMILES string of the molecule is CC(C)NC(=O)OC/C=C\C1=C(C(=O)[O-])N2C(=O)C(NC(=O)/C(=N\O)c3csc(N)n3)[C@H]2SC1.[Na+]. The van der Waals surface area contributed by atoms with Crippen molar-refractivity contribution in [1.82, 2.24) is 20.5 Å². The maximum atomic E-state index is 12.7. The number of nitrogen functional groups attached to an aromatic ring is 1. The van der Waals surface area contributed by atoms with Crippen LogP contribution in [0.2, 0.25) is 0 Å². The van der Waals surface area contributed by atoms with Crippen molar-refractivity contribution in [2.75, 3.05) is 18.1 Å². The van der Waals surface area contributed by atoms with Crippen LogP contribution in [0.15, 0.2) is 34.0 Å². The van der Waals surface area contributed by atoms with Gasteiger partial charge in [-0.15, -0.1) is 23.1 Å². The molecule has 2 aliphatic rings. The fraction of sp³-hybridized carbons (Fsp3) is 0.368. The molecule has 3 amide bonds. The average molecular weight is 533 g/mol. The summed E-state index contributed by atoms with van der Waals surface area (Å²) in [5, 5.41) is 29.8. The number of rotatable bonds is 8. The molecule has 0 aliphatic carbocycles. The molecule has 1 aromatic heterocycles. The Morgan fingerprint density at radius 1 is 1.46 bits per heavy atom. The molecule has 1 fully saturated rings. The van der Waals surface area contributed by atoms with Gasteiger partial charge in [0.05, 0.1) is 11.7 Å².